The largest absolute Gasteiger partial charge is 0.493 e. The van der Waals surface area contributed by atoms with Gasteiger partial charge >= 0.3 is 0 Å². The van der Waals surface area contributed by atoms with Gasteiger partial charge in [-0.15, -0.1) is 0 Å². The molecule has 2 aromatic rings. The Labute approximate surface area is 173 Å². The van der Waals surface area contributed by atoms with Gasteiger partial charge in [0, 0.05) is 18.5 Å². The molecule has 0 radical (unpaired) electrons. The minimum Gasteiger partial charge on any atom is -0.493 e. The van der Waals surface area contributed by atoms with Crippen LogP contribution in [0.3, 0.4) is 0 Å². The molecule has 0 aliphatic heterocycles. The van der Waals surface area contributed by atoms with E-state index < -0.39 is 0 Å². The molecule has 0 fully saturated rings. The van der Waals surface area contributed by atoms with Crippen LogP contribution < -0.4 is 20.1 Å². The molecule has 7 heteroatoms. The maximum atomic E-state index is 5.98. The number of para-hydroxylation sites is 2. The monoisotopic (exact) mass is 402 g/mol. The van der Waals surface area contributed by atoms with E-state index in [-0.39, 0.29) is 6.10 Å². The summed E-state index contributed by atoms with van der Waals surface area (Å²) in [6, 6.07) is 9.64. The Bertz CT molecular complexity index is 756. The van der Waals surface area contributed by atoms with Crippen molar-refractivity contribution in [3.05, 3.63) is 41.8 Å². The highest BCUT2D eigenvalue weighted by atomic mass is 16.5. The molecule has 29 heavy (non-hydrogen) atoms. The van der Waals surface area contributed by atoms with Gasteiger partial charge in [-0.25, -0.2) is 4.99 Å². The normalized spacial score (nSPS) is 12.7. The van der Waals surface area contributed by atoms with Crippen LogP contribution in [-0.2, 0) is 6.54 Å². The lowest BCUT2D eigenvalue weighted by molar-refractivity contribution is 0.213. The summed E-state index contributed by atoms with van der Waals surface area (Å²) in [6.07, 6.45) is 2.04. The molecule has 0 saturated carbocycles. The maximum Gasteiger partial charge on any atom is 0.191 e. The number of nitrogens with zero attached hydrogens (tertiary/aromatic N) is 2. The van der Waals surface area contributed by atoms with E-state index in [9.17, 15) is 0 Å². The molecular weight excluding hydrogens is 368 g/mol. The standard InChI is InChI=1S/C22H34N4O3/c1-6-17(7-2)19-13-18(29-26-19)15-25-22(23-8-3)24-14-16(4)28-21-12-10-9-11-20(21)27-5/h9-13,16-17H,6-8,14-15H2,1-5H3,(H2,23,24,25). The van der Waals surface area contributed by atoms with Crippen LogP contribution >= 0.6 is 0 Å². The Hall–Kier alpha value is -2.70. The third-order valence-electron chi connectivity index (χ3n) is 4.67. The van der Waals surface area contributed by atoms with E-state index in [4.69, 9.17) is 14.0 Å². The highest BCUT2D eigenvalue weighted by Gasteiger charge is 2.13. The molecule has 2 N–H and O–H groups in total. The number of hydrogen-bond acceptors (Lipinski definition) is 5. The Morgan fingerprint density at radius 2 is 1.86 bits per heavy atom. The van der Waals surface area contributed by atoms with Gasteiger partial charge in [-0.1, -0.05) is 31.1 Å². The van der Waals surface area contributed by atoms with Crippen molar-refractivity contribution in [2.24, 2.45) is 4.99 Å². The predicted octanol–water partition coefficient (Wildman–Crippen LogP) is 4.11. The Kier molecular flexibility index (Phi) is 9.34. The number of guanidine groups is 1. The number of rotatable bonds is 11. The SMILES string of the molecule is CCNC(=NCc1cc(C(CC)CC)no1)NCC(C)Oc1ccccc1OC. The first-order chi connectivity index (χ1) is 14.1. The summed E-state index contributed by atoms with van der Waals surface area (Å²) >= 11 is 0. The number of aromatic nitrogens is 1. The van der Waals surface area contributed by atoms with Crippen LogP contribution in [-0.4, -0.2) is 37.4 Å². The fraction of sp³-hybridized carbons (Fsp3) is 0.545. The summed E-state index contributed by atoms with van der Waals surface area (Å²) in [6.45, 7) is 10.2. The molecule has 2 rings (SSSR count). The van der Waals surface area contributed by atoms with Crippen molar-refractivity contribution in [3.63, 3.8) is 0 Å². The van der Waals surface area contributed by atoms with E-state index in [1.165, 1.54) is 0 Å². The van der Waals surface area contributed by atoms with Gasteiger partial charge in [0.15, 0.2) is 23.2 Å². The lowest BCUT2D eigenvalue weighted by Crippen LogP contribution is -2.41. The van der Waals surface area contributed by atoms with Crippen LogP contribution in [0.25, 0.3) is 0 Å². The van der Waals surface area contributed by atoms with Crippen LogP contribution in [0.15, 0.2) is 39.8 Å². The molecule has 0 bridgehead atoms. The van der Waals surface area contributed by atoms with E-state index >= 15 is 0 Å². The minimum absolute atomic E-state index is 0.0677. The summed E-state index contributed by atoms with van der Waals surface area (Å²) < 4.78 is 16.8. The molecule has 1 unspecified atom stereocenters. The first-order valence-electron chi connectivity index (χ1n) is 10.4. The third kappa shape index (κ3) is 7.00. The van der Waals surface area contributed by atoms with Crippen molar-refractivity contribution in [1.29, 1.82) is 0 Å². The van der Waals surface area contributed by atoms with Crippen molar-refractivity contribution in [3.8, 4) is 11.5 Å². The van der Waals surface area contributed by atoms with Crippen molar-refractivity contribution in [1.82, 2.24) is 15.8 Å². The van der Waals surface area contributed by atoms with E-state index in [0.29, 0.717) is 25.0 Å². The molecule has 0 aliphatic rings. The smallest absolute Gasteiger partial charge is 0.191 e. The average molecular weight is 403 g/mol. The summed E-state index contributed by atoms with van der Waals surface area (Å²) in [5.74, 6) is 3.36. The molecule has 1 aromatic carbocycles. The lowest BCUT2D eigenvalue weighted by atomic mass is 9.99. The van der Waals surface area contributed by atoms with Crippen molar-refractivity contribution in [2.45, 2.75) is 59.1 Å². The van der Waals surface area contributed by atoms with Gasteiger partial charge in [0.1, 0.15) is 12.6 Å². The summed E-state index contributed by atoms with van der Waals surface area (Å²) in [7, 11) is 1.64. The molecule has 160 valence electrons. The number of ether oxygens (including phenoxy) is 2. The Morgan fingerprint density at radius 1 is 1.14 bits per heavy atom. The number of methoxy groups -OCH3 is 1. The molecular formula is C22H34N4O3. The second kappa shape index (κ2) is 12.0. The molecule has 0 spiro atoms. The fourth-order valence-corrected chi connectivity index (χ4v) is 3.02. The van der Waals surface area contributed by atoms with Gasteiger partial charge in [0.2, 0.25) is 0 Å². The zero-order valence-electron chi connectivity index (χ0n) is 18.2. The molecule has 0 amide bonds. The van der Waals surface area contributed by atoms with Crippen LogP contribution in [0.5, 0.6) is 11.5 Å². The van der Waals surface area contributed by atoms with Gasteiger partial charge in [0.25, 0.3) is 0 Å². The van der Waals surface area contributed by atoms with E-state index in [1.54, 1.807) is 7.11 Å². The Balaban J connectivity index is 1.92. The number of benzene rings is 1. The van der Waals surface area contributed by atoms with Crippen molar-refractivity contribution < 1.29 is 14.0 Å². The molecule has 7 nitrogen and oxygen atoms in total. The molecule has 1 atom stereocenters. The highest BCUT2D eigenvalue weighted by molar-refractivity contribution is 5.79. The second-order valence-corrected chi connectivity index (χ2v) is 6.89. The third-order valence-corrected chi connectivity index (χ3v) is 4.67. The van der Waals surface area contributed by atoms with Crippen molar-refractivity contribution >= 4 is 5.96 Å². The molecule has 0 saturated heterocycles. The van der Waals surface area contributed by atoms with Gasteiger partial charge in [0.05, 0.1) is 19.3 Å². The van der Waals surface area contributed by atoms with Crippen LogP contribution in [0.1, 0.15) is 57.9 Å². The Morgan fingerprint density at radius 3 is 2.52 bits per heavy atom. The number of aliphatic imine (C=N–C) groups is 1. The van der Waals surface area contributed by atoms with Gasteiger partial charge in [-0.05, 0) is 38.8 Å². The van der Waals surface area contributed by atoms with Crippen LogP contribution in [0.2, 0.25) is 0 Å². The zero-order valence-corrected chi connectivity index (χ0v) is 18.2. The first-order valence-corrected chi connectivity index (χ1v) is 10.4. The summed E-state index contributed by atoms with van der Waals surface area (Å²) in [5.41, 5.74) is 1.01. The maximum absolute atomic E-state index is 5.98. The second-order valence-electron chi connectivity index (χ2n) is 6.89. The predicted molar refractivity (Wildman–Crippen MR) is 116 cm³/mol. The van der Waals surface area contributed by atoms with E-state index in [1.807, 2.05) is 44.2 Å². The molecule has 0 aliphatic carbocycles. The van der Waals surface area contributed by atoms with Crippen LogP contribution in [0, 0.1) is 0 Å². The lowest BCUT2D eigenvalue weighted by Gasteiger charge is -2.18. The van der Waals surface area contributed by atoms with Gasteiger partial charge in [-0.2, -0.15) is 0 Å². The number of hydrogen-bond donors (Lipinski definition) is 2. The molecule has 1 heterocycles. The van der Waals surface area contributed by atoms with E-state index in [2.05, 4.69) is 34.6 Å². The van der Waals surface area contributed by atoms with Crippen molar-refractivity contribution in [2.75, 3.05) is 20.2 Å². The first kappa shape index (κ1) is 22.6. The highest BCUT2D eigenvalue weighted by Crippen LogP contribution is 2.26. The summed E-state index contributed by atoms with van der Waals surface area (Å²) in [4.78, 5) is 4.60. The van der Waals surface area contributed by atoms with Crippen LogP contribution in [0.4, 0.5) is 0 Å². The van der Waals surface area contributed by atoms with Gasteiger partial charge < -0.3 is 24.6 Å². The summed E-state index contributed by atoms with van der Waals surface area (Å²) in [5, 5.41) is 10.8. The minimum atomic E-state index is -0.0677. The molecule has 1 aromatic heterocycles. The fourth-order valence-electron chi connectivity index (χ4n) is 3.02. The quantitative estimate of drug-likeness (QED) is 0.435. The zero-order chi connectivity index (χ0) is 21.1. The number of nitrogens with one attached hydrogen (secondary N) is 2. The topological polar surface area (TPSA) is 80.9 Å². The average Bonchev–Trinajstić information content (AvgIpc) is 3.20. The van der Waals surface area contributed by atoms with E-state index in [0.717, 1.165) is 42.3 Å². The van der Waals surface area contributed by atoms with Gasteiger partial charge in [-0.3, -0.25) is 0 Å².